The highest BCUT2D eigenvalue weighted by Gasteiger charge is 2.25. The number of rotatable bonds is 6. The van der Waals surface area contributed by atoms with Crippen molar-refractivity contribution in [3.8, 4) is 5.69 Å². The fraction of sp³-hybridized carbons (Fsp3) is 0.273. The monoisotopic (exact) mass is 438 g/mol. The molecule has 3 aromatic rings. The normalized spacial score (nSPS) is 12.8. The second kappa shape index (κ2) is 8.73. The lowest BCUT2D eigenvalue weighted by Gasteiger charge is -2.11. The van der Waals surface area contributed by atoms with Crippen molar-refractivity contribution in [2.45, 2.75) is 32.6 Å². The Bertz CT molecular complexity index is 1150. The third kappa shape index (κ3) is 4.22. The van der Waals surface area contributed by atoms with E-state index in [0.717, 1.165) is 41.8 Å². The number of esters is 1. The highest BCUT2D eigenvalue weighted by molar-refractivity contribution is 7.17. The largest absolute Gasteiger partial charge is 0.452 e. The number of carbonyl (C=O) groups excluding carboxylic acids is 3. The average molecular weight is 439 g/mol. The lowest BCUT2D eigenvalue weighted by atomic mass is 9.95. The van der Waals surface area contributed by atoms with Crippen molar-refractivity contribution < 1.29 is 19.1 Å². The van der Waals surface area contributed by atoms with Crippen LogP contribution in [0, 0.1) is 6.92 Å². The van der Waals surface area contributed by atoms with E-state index in [9.17, 15) is 14.4 Å². The zero-order chi connectivity index (χ0) is 22.0. The zero-order valence-corrected chi connectivity index (χ0v) is 17.8. The molecule has 1 aromatic carbocycles. The SMILES string of the molecule is Cc1c(C(=O)OCC(=O)Nc2sc3c(c2C(N)=O)CCCC3)cnn1-c1ccccc1. The molecule has 4 rings (SSSR count). The number of nitrogens with two attached hydrogens (primary N) is 1. The number of ether oxygens (including phenoxy) is 1. The lowest BCUT2D eigenvalue weighted by Crippen LogP contribution is -2.23. The van der Waals surface area contributed by atoms with Crippen molar-refractivity contribution in [1.82, 2.24) is 9.78 Å². The van der Waals surface area contributed by atoms with Crippen molar-refractivity contribution >= 4 is 34.1 Å². The van der Waals surface area contributed by atoms with Gasteiger partial charge in [-0.1, -0.05) is 18.2 Å². The van der Waals surface area contributed by atoms with Crippen LogP contribution in [0.2, 0.25) is 0 Å². The lowest BCUT2D eigenvalue weighted by molar-refractivity contribution is -0.119. The summed E-state index contributed by atoms with van der Waals surface area (Å²) in [5.41, 5.74) is 8.56. The first-order valence-corrected chi connectivity index (χ1v) is 10.8. The molecular formula is C22H22N4O4S. The van der Waals surface area contributed by atoms with Crippen molar-refractivity contribution in [1.29, 1.82) is 0 Å². The molecule has 3 N–H and O–H groups in total. The molecular weight excluding hydrogens is 416 g/mol. The number of aromatic nitrogens is 2. The van der Waals surface area contributed by atoms with Crippen LogP contribution in [0.1, 0.15) is 49.7 Å². The van der Waals surface area contributed by atoms with Gasteiger partial charge in [0.1, 0.15) is 10.6 Å². The van der Waals surface area contributed by atoms with E-state index in [4.69, 9.17) is 10.5 Å². The van der Waals surface area contributed by atoms with Crippen molar-refractivity contribution in [3.63, 3.8) is 0 Å². The summed E-state index contributed by atoms with van der Waals surface area (Å²) in [5, 5.41) is 7.34. The third-order valence-electron chi connectivity index (χ3n) is 5.24. The second-order valence-corrected chi connectivity index (χ2v) is 8.40. The molecule has 160 valence electrons. The number of aryl methyl sites for hydroxylation is 1. The fourth-order valence-corrected chi connectivity index (χ4v) is 5.04. The molecule has 2 heterocycles. The predicted molar refractivity (Wildman–Crippen MR) is 117 cm³/mol. The van der Waals surface area contributed by atoms with Gasteiger partial charge < -0.3 is 15.8 Å². The number of nitrogens with one attached hydrogen (secondary N) is 1. The number of hydrogen-bond donors (Lipinski definition) is 2. The molecule has 2 amide bonds. The van der Waals surface area contributed by atoms with Gasteiger partial charge in [0.15, 0.2) is 6.61 Å². The van der Waals surface area contributed by atoms with Gasteiger partial charge in [-0.25, -0.2) is 9.48 Å². The molecule has 2 aromatic heterocycles. The maximum Gasteiger partial charge on any atom is 0.342 e. The number of primary amides is 1. The van der Waals surface area contributed by atoms with E-state index in [0.29, 0.717) is 16.3 Å². The van der Waals surface area contributed by atoms with Crippen LogP contribution >= 0.6 is 11.3 Å². The van der Waals surface area contributed by atoms with E-state index in [1.807, 2.05) is 30.3 Å². The van der Waals surface area contributed by atoms with Gasteiger partial charge >= 0.3 is 5.97 Å². The molecule has 1 aliphatic rings. The molecule has 0 spiro atoms. The average Bonchev–Trinajstić information content (AvgIpc) is 3.32. The minimum absolute atomic E-state index is 0.279. The smallest absolute Gasteiger partial charge is 0.342 e. The van der Waals surface area contributed by atoms with Crippen LogP contribution in [0.15, 0.2) is 36.5 Å². The quantitative estimate of drug-likeness (QED) is 0.574. The van der Waals surface area contributed by atoms with E-state index in [2.05, 4.69) is 10.4 Å². The van der Waals surface area contributed by atoms with Crippen LogP contribution in [-0.4, -0.2) is 34.2 Å². The molecule has 0 radical (unpaired) electrons. The van der Waals surface area contributed by atoms with Gasteiger partial charge in [-0.3, -0.25) is 9.59 Å². The maximum absolute atomic E-state index is 12.5. The molecule has 0 unspecified atom stereocenters. The fourth-order valence-electron chi connectivity index (χ4n) is 3.73. The van der Waals surface area contributed by atoms with E-state index >= 15 is 0 Å². The summed E-state index contributed by atoms with van der Waals surface area (Å²) in [6.45, 7) is 1.28. The van der Waals surface area contributed by atoms with Gasteiger partial charge in [0.05, 0.1) is 23.1 Å². The second-order valence-electron chi connectivity index (χ2n) is 7.29. The molecule has 0 saturated heterocycles. The Hall–Kier alpha value is -3.46. The molecule has 8 nitrogen and oxygen atoms in total. The number of fused-ring (bicyclic) bond motifs is 1. The molecule has 9 heteroatoms. The number of nitrogens with zero attached hydrogens (tertiary/aromatic N) is 2. The van der Waals surface area contributed by atoms with Gasteiger partial charge in [0, 0.05) is 4.88 Å². The van der Waals surface area contributed by atoms with Crippen LogP contribution in [0.5, 0.6) is 0 Å². The number of carbonyl (C=O) groups is 3. The van der Waals surface area contributed by atoms with Crippen molar-refractivity contribution in [3.05, 3.63) is 63.8 Å². The number of para-hydroxylation sites is 1. The predicted octanol–water partition coefficient (Wildman–Crippen LogP) is 3.02. The molecule has 0 aliphatic heterocycles. The Kier molecular flexibility index (Phi) is 5.85. The minimum Gasteiger partial charge on any atom is -0.452 e. The first kappa shape index (κ1) is 20.8. The summed E-state index contributed by atoms with van der Waals surface area (Å²) >= 11 is 1.37. The topological polar surface area (TPSA) is 116 Å². The van der Waals surface area contributed by atoms with Crippen LogP contribution in [0.25, 0.3) is 5.69 Å². The summed E-state index contributed by atoms with van der Waals surface area (Å²) in [6.07, 6.45) is 5.11. The Morgan fingerprint density at radius 1 is 1.19 bits per heavy atom. The number of anilines is 1. The first-order chi connectivity index (χ1) is 15.0. The summed E-state index contributed by atoms with van der Waals surface area (Å²) in [6, 6.07) is 9.39. The number of benzene rings is 1. The Morgan fingerprint density at radius 3 is 2.68 bits per heavy atom. The van der Waals surface area contributed by atoms with Crippen molar-refractivity contribution in [2.75, 3.05) is 11.9 Å². The van der Waals surface area contributed by atoms with Crippen molar-refractivity contribution in [2.24, 2.45) is 5.73 Å². The first-order valence-electron chi connectivity index (χ1n) is 9.97. The molecule has 1 aliphatic carbocycles. The molecule has 0 atom stereocenters. The molecule has 31 heavy (non-hydrogen) atoms. The summed E-state index contributed by atoms with van der Waals surface area (Å²) in [4.78, 5) is 37.9. The number of thiophene rings is 1. The number of hydrogen-bond acceptors (Lipinski definition) is 6. The molecule has 0 fully saturated rings. The Labute approximate surface area is 183 Å². The Morgan fingerprint density at radius 2 is 1.94 bits per heavy atom. The highest BCUT2D eigenvalue weighted by atomic mass is 32.1. The molecule has 0 saturated carbocycles. The third-order valence-corrected chi connectivity index (χ3v) is 6.44. The van der Waals surface area contributed by atoms with Crippen LogP contribution in [0.4, 0.5) is 5.00 Å². The van der Waals surface area contributed by atoms with Crippen LogP contribution < -0.4 is 11.1 Å². The van der Waals surface area contributed by atoms with Crippen LogP contribution in [0.3, 0.4) is 0 Å². The maximum atomic E-state index is 12.5. The van der Waals surface area contributed by atoms with Gasteiger partial charge in [-0.15, -0.1) is 11.3 Å². The molecule has 0 bridgehead atoms. The van der Waals surface area contributed by atoms with Gasteiger partial charge in [-0.05, 0) is 50.3 Å². The summed E-state index contributed by atoms with van der Waals surface area (Å²) in [7, 11) is 0. The minimum atomic E-state index is -0.643. The highest BCUT2D eigenvalue weighted by Crippen LogP contribution is 2.37. The zero-order valence-electron chi connectivity index (χ0n) is 17.0. The van der Waals surface area contributed by atoms with E-state index < -0.39 is 24.4 Å². The van der Waals surface area contributed by atoms with Crippen LogP contribution in [-0.2, 0) is 22.4 Å². The summed E-state index contributed by atoms with van der Waals surface area (Å²) < 4.78 is 6.81. The standard InChI is InChI=1S/C22H22N4O4S/c1-13-16(11-24-26(13)14-7-3-2-4-8-14)22(29)30-12-18(27)25-21-19(20(23)28)15-9-5-6-10-17(15)31-21/h2-4,7-8,11H,5-6,9-10,12H2,1H3,(H2,23,28)(H,25,27). The Balaban J connectivity index is 1.42. The van der Waals surface area contributed by atoms with E-state index in [1.54, 1.807) is 11.6 Å². The van der Waals surface area contributed by atoms with E-state index in [-0.39, 0.29) is 5.56 Å². The summed E-state index contributed by atoms with van der Waals surface area (Å²) in [5.74, 6) is -1.73. The van der Waals surface area contributed by atoms with E-state index in [1.165, 1.54) is 17.5 Å². The van der Waals surface area contributed by atoms with Gasteiger partial charge in [-0.2, -0.15) is 5.10 Å². The number of amides is 2. The van der Waals surface area contributed by atoms with Gasteiger partial charge in [0.25, 0.3) is 11.8 Å². The van der Waals surface area contributed by atoms with Gasteiger partial charge in [0.2, 0.25) is 0 Å².